The Labute approximate surface area is 173 Å². The molecule has 2 N–H and O–H groups in total. The lowest BCUT2D eigenvalue weighted by atomic mass is 9.92. The highest BCUT2D eigenvalue weighted by Crippen LogP contribution is 2.32. The molecule has 1 aliphatic carbocycles. The van der Waals surface area contributed by atoms with Crippen LogP contribution in [0.2, 0.25) is 10.0 Å². The van der Waals surface area contributed by atoms with Crippen molar-refractivity contribution in [2.75, 3.05) is 0 Å². The van der Waals surface area contributed by atoms with E-state index in [1.807, 2.05) is 24.3 Å². The maximum Gasteiger partial charge on any atom is 0.255 e. The molecule has 28 heavy (non-hydrogen) atoms. The van der Waals surface area contributed by atoms with Crippen LogP contribution in [0.3, 0.4) is 0 Å². The summed E-state index contributed by atoms with van der Waals surface area (Å²) in [6.45, 7) is 0.846. The number of fused-ring (bicyclic) bond motifs is 1. The summed E-state index contributed by atoms with van der Waals surface area (Å²) in [6.07, 6.45) is 5.85. The van der Waals surface area contributed by atoms with Gasteiger partial charge in [0, 0.05) is 29.2 Å². The van der Waals surface area contributed by atoms with E-state index in [0.717, 1.165) is 42.6 Å². The third-order valence-electron chi connectivity index (χ3n) is 5.30. The zero-order valence-electron chi connectivity index (χ0n) is 15.4. The minimum Gasteiger partial charge on any atom is -0.489 e. The van der Waals surface area contributed by atoms with Crippen LogP contribution < -0.4 is 15.6 Å². The SMILES string of the molecule is O=c1[nH]ccc2cc(O[C@H]3CC[C@H](NCc4ccc(Cl)cc4)CC3)c(Cl)cc12. The summed E-state index contributed by atoms with van der Waals surface area (Å²) in [6, 6.07) is 13.8. The average Bonchev–Trinajstić information content (AvgIpc) is 2.70. The molecule has 6 heteroatoms. The van der Waals surface area contributed by atoms with Crippen LogP contribution in [0.5, 0.6) is 5.75 Å². The molecule has 146 valence electrons. The first kappa shape index (κ1) is 19.3. The molecule has 1 aliphatic rings. The Kier molecular flexibility index (Phi) is 5.90. The quantitative estimate of drug-likeness (QED) is 0.591. The number of aromatic nitrogens is 1. The van der Waals surface area contributed by atoms with E-state index in [-0.39, 0.29) is 11.7 Å². The van der Waals surface area contributed by atoms with Crippen molar-refractivity contribution in [1.82, 2.24) is 10.3 Å². The van der Waals surface area contributed by atoms with Crippen LogP contribution in [-0.2, 0) is 6.54 Å². The molecular weight excluding hydrogens is 395 g/mol. The van der Waals surface area contributed by atoms with Crippen molar-refractivity contribution in [3.63, 3.8) is 0 Å². The van der Waals surface area contributed by atoms with Crippen LogP contribution in [0.25, 0.3) is 10.8 Å². The number of nitrogens with one attached hydrogen (secondary N) is 2. The molecule has 2 aromatic carbocycles. The van der Waals surface area contributed by atoms with Gasteiger partial charge < -0.3 is 15.0 Å². The Morgan fingerprint density at radius 3 is 2.54 bits per heavy atom. The molecular formula is C22H22Cl2N2O2. The summed E-state index contributed by atoms with van der Waals surface area (Å²) in [4.78, 5) is 14.5. The van der Waals surface area contributed by atoms with Gasteiger partial charge in [0.15, 0.2) is 0 Å². The van der Waals surface area contributed by atoms with Crippen molar-refractivity contribution in [3.8, 4) is 5.75 Å². The predicted octanol–water partition coefficient (Wildman–Crippen LogP) is 5.31. The highest BCUT2D eigenvalue weighted by atomic mass is 35.5. The third kappa shape index (κ3) is 4.52. The molecule has 0 atom stereocenters. The van der Waals surface area contributed by atoms with Gasteiger partial charge in [0.1, 0.15) is 5.75 Å². The van der Waals surface area contributed by atoms with Gasteiger partial charge in [-0.15, -0.1) is 0 Å². The van der Waals surface area contributed by atoms with E-state index < -0.39 is 0 Å². The van der Waals surface area contributed by atoms with Gasteiger partial charge in [-0.05, 0) is 67.0 Å². The molecule has 1 aromatic heterocycles. The Morgan fingerprint density at radius 1 is 1.04 bits per heavy atom. The zero-order valence-corrected chi connectivity index (χ0v) is 16.9. The van der Waals surface area contributed by atoms with E-state index in [1.165, 1.54) is 5.56 Å². The first-order valence-electron chi connectivity index (χ1n) is 9.54. The Hall–Kier alpha value is -2.01. The summed E-state index contributed by atoms with van der Waals surface area (Å²) in [7, 11) is 0. The number of aromatic amines is 1. The van der Waals surface area contributed by atoms with E-state index >= 15 is 0 Å². The fourth-order valence-electron chi connectivity index (χ4n) is 3.71. The lowest BCUT2D eigenvalue weighted by molar-refractivity contribution is 0.139. The molecule has 4 nitrogen and oxygen atoms in total. The number of ether oxygens (including phenoxy) is 1. The zero-order chi connectivity index (χ0) is 19.5. The van der Waals surface area contributed by atoms with Crippen LogP contribution in [-0.4, -0.2) is 17.1 Å². The van der Waals surface area contributed by atoms with Crippen LogP contribution in [0, 0.1) is 0 Å². The van der Waals surface area contributed by atoms with E-state index in [4.69, 9.17) is 27.9 Å². The summed E-state index contributed by atoms with van der Waals surface area (Å²) < 4.78 is 6.17. The smallest absolute Gasteiger partial charge is 0.255 e. The van der Waals surface area contributed by atoms with Crippen LogP contribution in [0.15, 0.2) is 53.5 Å². The maximum absolute atomic E-state index is 11.9. The van der Waals surface area contributed by atoms with Gasteiger partial charge in [-0.1, -0.05) is 35.3 Å². The lowest BCUT2D eigenvalue weighted by Crippen LogP contribution is -2.36. The predicted molar refractivity (Wildman–Crippen MR) is 115 cm³/mol. The first-order chi connectivity index (χ1) is 13.6. The second-order valence-electron chi connectivity index (χ2n) is 7.28. The van der Waals surface area contributed by atoms with Crippen molar-refractivity contribution < 1.29 is 4.74 Å². The molecule has 0 radical (unpaired) electrons. The molecule has 1 saturated carbocycles. The normalized spacial score (nSPS) is 19.6. The second kappa shape index (κ2) is 8.56. The molecule has 0 spiro atoms. The van der Waals surface area contributed by atoms with Gasteiger partial charge >= 0.3 is 0 Å². The van der Waals surface area contributed by atoms with Gasteiger partial charge in [-0.2, -0.15) is 0 Å². The van der Waals surface area contributed by atoms with Crippen molar-refractivity contribution >= 4 is 34.0 Å². The largest absolute Gasteiger partial charge is 0.489 e. The second-order valence-corrected chi connectivity index (χ2v) is 8.12. The van der Waals surface area contributed by atoms with Crippen molar-refractivity contribution in [3.05, 3.63) is 74.6 Å². The Balaban J connectivity index is 1.33. The van der Waals surface area contributed by atoms with Crippen molar-refractivity contribution in [1.29, 1.82) is 0 Å². The van der Waals surface area contributed by atoms with Crippen LogP contribution >= 0.6 is 23.2 Å². The number of H-pyrrole nitrogens is 1. The number of benzene rings is 2. The summed E-state index contributed by atoms with van der Waals surface area (Å²) in [5.41, 5.74) is 1.10. The molecule has 0 amide bonds. The monoisotopic (exact) mass is 416 g/mol. The summed E-state index contributed by atoms with van der Waals surface area (Å²) in [5, 5.41) is 6.28. The number of rotatable bonds is 5. The van der Waals surface area contributed by atoms with Crippen LogP contribution in [0.1, 0.15) is 31.2 Å². The molecule has 1 heterocycles. The van der Waals surface area contributed by atoms with E-state index in [2.05, 4.69) is 22.4 Å². The summed E-state index contributed by atoms with van der Waals surface area (Å²) in [5.74, 6) is 0.650. The van der Waals surface area contributed by atoms with Gasteiger partial charge in [0.05, 0.1) is 11.1 Å². The summed E-state index contributed by atoms with van der Waals surface area (Å²) >= 11 is 12.3. The fourth-order valence-corrected chi connectivity index (χ4v) is 4.04. The minimum absolute atomic E-state index is 0.141. The van der Waals surface area contributed by atoms with Gasteiger partial charge in [0.25, 0.3) is 5.56 Å². The number of halogens is 2. The van der Waals surface area contributed by atoms with Crippen molar-refractivity contribution in [2.45, 2.75) is 44.4 Å². The third-order valence-corrected chi connectivity index (χ3v) is 5.85. The molecule has 1 fully saturated rings. The fraction of sp³-hybridized carbons (Fsp3) is 0.318. The molecule has 0 unspecified atom stereocenters. The van der Waals surface area contributed by atoms with E-state index in [0.29, 0.717) is 22.2 Å². The average molecular weight is 417 g/mol. The van der Waals surface area contributed by atoms with E-state index in [1.54, 1.807) is 12.3 Å². The maximum atomic E-state index is 11.9. The highest BCUT2D eigenvalue weighted by molar-refractivity contribution is 6.32. The van der Waals surface area contributed by atoms with E-state index in [9.17, 15) is 4.79 Å². The van der Waals surface area contributed by atoms with Crippen LogP contribution in [0.4, 0.5) is 0 Å². The van der Waals surface area contributed by atoms with Gasteiger partial charge in [-0.3, -0.25) is 4.79 Å². The number of hydrogen-bond acceptors (Lipinski definition) is 3. The van der Waals surface area contributed by atoms with Gasteiger partial charge in [-0.25, -0.2) is 0 Å². The Morgan fingerprint density at radius 2 is 1.79 bits per heavy atom. The topological polar surface area (TPSA) is 54.1 Å². The van der Waals surface area contributed by atoms with Crippen molar-refractivity contribution in [2.24, 2.45) is 0 Å². The number of pyridine rings is 1. The lowest BCUT2D eigenvalue weighted by Gasteiger charge is -2.30. The first-order valence-corrected chi connectivity index (χ1v) is 10.3. The molecule has 3 aromatic rings. The molecule has 0 aliphatic heterocycles. The standard InChI is InChI=1S/C22H22Cl2N2O2/c23-16-3-1-14(2-4-16)13-26-17-5-7-18(8-6-17)28-21-11-15-9-10-25-22(27)19(15)12-20(21)24/h1-4,9-12,17-18,26H,5-8,13H2,(H,25,27)/t17-,18-. The highest BCUT2D eigenvalue weighted by Gasteiger charge is 2.23. The van der Waals surface area contributed by atoms with Gasteiger partial charge in [0.2, 0.25) is 0 Å². The number of hydrogen-bond donors (Lipinski definition) is 2. The molecule has 4 rings (SSSR count). The Bertz CT molecular complexity index is 1010. The molecule has 0 saturated heterocycles. The molecule has 0 bridgehead atoms. The minimum atomic E-state index is -0.141.